The van der Waals surface area contributed by atoms with Crippen LogP contribution in [0.1, 0.15) is 52.1 Å². The summed E-state index contributed by atoms with van der Waals surface area (Å²) in [6.07, 6.45) is 2.07. The number of carbonyl (C=O) groups excluding carboxylic acids is 2. The zero-order chi connectivity index (χ0) is 25.5. The molecule has 10 heteroatoms. The minimum Gasteiger partial charge on any atom is -0.483 e. The Morgan fingerprint density at radius 1 is 1.26 bits per heavy atom. The fourth-order valence-corrected chi connectivity index (χ4v) is 5.49. The molecule has 0 bridgehead atoms. The van der Waals surface area contributed by atoms with Gasteiger partial charge >= 0.3 is 5.97 Å². The Bertz CT molecular complexity index is 1200. The zero-order valence-electron chi connectivity index (χ0n) is 20.6. The second kappa shape index (κ2) is 12.0. The number of ether oxygens (including phenoxy) is 2. The highest BCUT2D eigenvalue weighted by Crippen LogP contribution is 2.34. The summed E-state index contributed by atoms with van der Waals surface area (Å²) >= 11 is 2.64. The molecular formula is C25H30N4O4S2. The normalized spacial score (nSPS) is 11.7. The molecule has 35 heavy (non-hydrogen) atoms. The van der Waals surface area contributed by atoms with Gasteiger partial charge in [0.25, 0.3) is 0 Å². The van der Waals surface area contributed by atoms with Crippen molar-refractivity contribution in [2.75, 3.05) is 18.2 Å². The first-order chi connectivity index (χ1) is 16.8. The van der Waals surface area contributed by atoms with Gasteiger partial charge in [-0.05, 0) is 44.9 Å². The van der Waals surface area contributed by atoms with Gasteiger partial charge in [0.15, 0.2) is 17.1 Å². The zero-order valence-corrected chi connectivity index (χ0v) is 22.2. The number of thiophene rings is 1. The van der Waals surface area contributed by atoms with E-state index in [9.17, 15) is 9.59 Å². The van der Waals surface area contributed by atoms with Crippen molar-refractivity contribution in [3.8, 4) is 5.75 Å². The molecule has 186 valence electrons. The summed E-state index contributed by atoms with van der Waals surface area (Å²) in [4.78, 5) is 26.0. The third kappa shape index (κ3) is 6.32. The lowest BCUT2D eigenvalue weighted by Gasteiger charge is -2.16. The number of anilines is 1. The van der Waals surface area contributed by atoms with E-state index in [0.29, 0.717) is 34.5 Å². The molecule has 1 aromatic carbocycles. The van der Waals surface area contributed by atoms with E-state index in [4.69, 9.17) is 9.47 Å². The maximum atomic E-state index is 12.8. The van der Waals surface area contributed by atoms with E-state index in [1.807, 2.05) is 56.5 Å². The predicted molar refractivity (Wildman–Crippen MR) is 140 cm³/mol. The molecule has 3 rings (SSSR count). The molecule has 0 saturated carbocycles. The van der Waals surface area contributed by atoms with Crippen LogP contribution in [0.15, 0.2) is 42.1 Å². The van der Waals surface area contributed by atoms with E-state index in [-0.39, 0.29) is 17.8 Å². The van der Waals surface area contributed by atoms with Crippen LogP contribution in [-0.2, 0) is 22.5 Å². The van der Waals surface area contributed by atoms with Crippen LogP contribution in [0, 0.1) is 13.8 Å². The van der Waals surface area contributed by atoms with Crippen molar-refractivity contribution in [3.05, 3.63) is 64.3 Å². The fourth-order valence-electron chi connectivity index (χ4n) is 3.59. The summed E-state index contributed by atoms with van der Waals surface area (Å²) in [7, 11) is 1.34. The molecule has 1 amide bonds. The number of aromatic nitrogens is 3. The SMILES string of the molecule is C=CCn1c(SCC(=O)Nc2sc(C)c(CC)c2C(=O)OC)nnc1C(C)Oc1ccc(C)cc1. The van der Waals surface area contributed by atoms with Crippen LogP contribution in [0.3, 0.4) is 0 Å². The number of aryl methyl sites for hydroxylation is 2. The maximum absolute atomic E-state index is 12.8. The molecule has 1 N–H and O–H groups in total. The molecule has 0 fully saturated rings. The van der Waals surface area contributed by atoms with E-state index >= 15 is 0 Å². The molecule has 2 aromatic heterocycles. The molecule has 1 unspecified atom stereocenters. The number of amides is 1. The van der Waals surface area contributed by atoms with Crippen molar-refractivity contribution in [3.63, 3.8) is 0 Å². The molecule has 0 saturated heterocycles. The first-order valence-corrected chi connectivity index (χ1v) is 13.0. The van der Waals surface area contributed by atoms with Gasteiger partial charge in [0.2, 0.25) is 5.91 Å². The number of allylic oxidation sites excluding steroid dienone is 1. The number of benzene rings is 1. The van der Waals surface area contributed by atoms with Crippen LogP contribution < -0.4 is 10.1 Å². The smallest absolute Gasteiger partial charge is 0.341 e. The molecule has 0 spiro atoms. The quantitative estimate of drug-likeness (QED) is 0.209. The lowest BCUT2D eigenvalue weighted by atomic mass is 10.1. The molecule has 0 aliphatic carbocycles. The molecule has 8 nitrogen and oxygen atoms in total. The number of nitrogens with zero attached hydrogens (tertiary/aromatic N) is 3. The van der Waals surface area contributed by atoms with Gasteiger partial charge in [0, 0.05) is 11.4 Å². The summed E-state index contributed by atoms with van der Waals surface area (Å²) in [5.74, 6) is 0.781. The summed E-state index contributed by atoms with van der Waals surface area (Å²) in [6, 6.07) is 7.80. The minimum absolute atomic E-state index is 0.0987. The lowest BCUT2D eigenvalue weighted by molar-refractivity contribution is -0.113. The van der Waals surface area contributed by atoms with E-state index < -0.39 is 5.97 Å². The highest BCUT2D eigenvalue weighted by Gasteiger charge is 2.24. The van der Waals surface area contributed by atoms with Crippen LogP contribution in [0.4, 0.5) is 5.00 Å². The number of hydrogen-bond donors (Lipinski definition) is 1. The third-order valence-electron chi connectivity index (χ3n) is 5.29. The average molecular weight is 515 g/mol. The Morgan fingerprint density at radius 3 is 2.60 bits per heavy atom. The summed E-state index contributed by atoms with van der Waals surface area (Å²) in [6.45, 7) is 12.1. The van der Waals surface area contributed by atoms with Crippen molar-refractivity contribution in [2.24, 2.45) is 0 Å². The number of carbonyl (C=O) groups is 2. The topological polar surface area (TPSA) is 95.3 Å². The van der Waals surface area contributed by atoms with Gasteiger partial charge in [-0.25, -0.2) is 4.79 Å². The average Bonchev–Trinajstić information content (AvgIpc) is 3.38. The van der Waals surface area contributed by atoms with E-state index in [1.54, 1.807) is 6.08 Å². The second-order valence-corrected chi connectivity index (χ2v) is 10.0. The number of esters is 1. The Labute approximate surface area is 213 Å². The van der Waals surface area contributed by atoms with E-state index in [1.165, 1.54) is 30.2 Å². The Morgan fingerprint density at radius 2 is 1.97 bits per heavy atom. The summed E-state index contributed by atoms with van der Waals surface area (Å²) in [5.41, 5.74) is 2.47. The largest absolute Gasteiger partial charge is 0.483 e. The molecule has 1 atom stereocenters. The fraction of sp³-hybridized carbons (Fsp3) is 0.360. The van der Waals surface area contributed by atoms with Crippen molar-refractivity contribution in [1.29, 1.82) is 0 Å². The van der Waals surface area contributed by atoms with Crippen LogP contribution in [0.25, 0.3) is 0 Å². The van der Waals surface area contributed by atoms with Gasteiger partial charge in [0.05, 0.1) is 18.4 Å². The molecule has 0 aliphatic heterocycles. The summed E-state index contributed by atoms with van der Waals surface area (Å²) < 4.78 is 12.9. The predicted octanol–water partition coefficient (Wildman–Crippen LogP) is 5.36. The first-order valence-electron chi connectivity index (χ1n) is 11.2. The standard InChI is InChI=1S/C25H30N4O4S2/c1-7-13-29-22(16(4)33-18-11-9-15(3)10-12-18)27-28-25(29)34-14-20(30)26-23-21(24(31)32-6)19(8-2)17(5)35-23/h7,9-12,16H,1,8,13-14H2,2-6H3,(H,26,30). The molecule has 0 aliphatic rings. The van der Waals surface area contributed by atoms with Crippen LogP contribution >= 0.6 is 23.1 Å². The number of methoxy groups -OCH3 is 1. The van der Waals surface area contributed by atoms with Crippen molar-refractivity contribution in [1.82, 2.24) is 14.8 Å². The monoisotopic (exact) mass is 514 g/mol. The second-order valence-electron chi connectivity index (χ2n) is 7.84. The Balaban J connectivity index is 1.71. The van der Waals surface area contributed by atoms with Crippen molar-refractivity contribution in [2.45, 2.75) is 51.9 Å². The van der Waals surface area contributed by atoms with Gasteiger partial charge in [0.1, 0.15) is 10.8 Å². The van der Waals surface area contributed by atoms with Crippen LogP contribution in [0.2, 0.25) is 0 Å². The maximum Gasteiger partial charge on any atom is 0.341 e. The van der Waals surface area contributed by atoms with Gasteiger partial charge in [-0.1, -0.05) is 42.5 Å². The Kier molecular flexibility index (Phi) is 9.11. The molecule has 0 radical (unpaired) electrons. The Hall–Kier alpha value is -3.11. The first kappa shape index (κ1) is 26.5. The van der Waals surface area contributed by atoms with E-state index in [2.05, 4.69) is 22.1 Å². The minimum atomic E-state index is -0.452. The lowest BCUT2D eigenvalue weighted by Crippen LogP contribution is -2.17. The third-order valence-corrected chi connectivity index (χ3v) is 7.32. The summed E-state index contributed by atoms with van der Waals surface area (Å²) in [5, 5.41) is 12.5. The number of rotatable bonds is 11. The number of hydrogen-bond acceptors (Lipinski definition) is 8. The highest BCUT2D eigenvalue weighted by molar-refractivity contribution is 7.99. The van der Waals surface area contributed by atoms with Crippen LogP contribution in [0.5, 0.6) is 5.75 Å². The highest BCUT2D eigenvalue weighted by atomic mass is 32.2. The van der Waals surface area contributed by atoms with Crippen LogP contribution in [-0.4, -0.2) is 39.5 Å². The van der Waals surface area contributed by atoms with Gasteiger partial charge < -0.3 is 14.8 Å². The van der Waals surface area contributed by atoms with E-state index in [0.717, 1.165) is 21.8 Å². The molecule has 2 heterocycles. The van der Waals surface area contributed by atoms with Gasteiger partial charge in [-0.15, -0.1) is 28.1 Å². The van der Waals surface area contributed by atoms with Gasteiger partial charge in [-0.2, -0.15) is 0 Å². The number of thioether (sulfide) groups is 1. The number of nitrogens with one attached hydrogen (secondary N) is 1. The molecule has 3 aromatic rings. The van der Waals surface area contributed by atoms with Gasteiger partial charge in [-0.3, -0.25) is 9.36 Å². The van der Waals surface area contributed by atoms with Crippen molar-refractivity contribution >= 4 is 40.0 Å². The van der Waals surface area contributed by atoms with Crippen molar-refractivity contribution < 1.29 is 19.1 Å². The molecular weight excluding hydrogens is 484 g/mol.